The number of fused-ring (bicyclic) bond motifs is 1. The summed E-state index contributed by atoms with van der Waals surface area (Å²) in [6.07, 6.45) is 3.55. The number of rotatable bonds is 1. The van der Waals surface area contributed by atoms with Crippen molar-refractivity contribution in [3.63, 3.8) is 0 Å². The second-order valence-electron chi connectivity index (χ2n) is 2.79. The Morgan fingerprint density at radius 2 is 2.46 bits per heavy atom. The zero-order chi connectivity index (χ0) is 9.26. The highest BCUT2D eigenvalue weighted by Crippen LogP contribution is 2.20. The Labute approximate surface area is 74.9 Å². The van der Waals surface area contributed by atoms with Crippen LogP contribution in [0.4, 0.5) is 5.69 Å². The smallest absolute Gasteiger partial charge is 0.333 e. The van der Waals surface area contributed by atoms with Gasteiger partial charge in [-0.05, 0) is 12.1 Å². The van der Waals surface area contributed by atoms with Crippen LogP contribution in [0.5, 0.6) is 0 Å². The third kappa shape index (κ3) is 1.38. The van der Waals surface area contributed by atoms with Crippen molar-refractivity contribution in [2.24, 2.45) is 0 Å². The molecule has 1 aliphatic rings. The van der Waals surface area contributed by atoms with Gasteiger partial charge in [-0.3, -0.25) is 4.98 Å². The first-order valence-corrected chi connectivity index (χ1v) is 3.90. The van der Waals surface area contributed by atoms with Crippen LogP contribution in [-0.2, 0) is 11.2 Å². The van der Waals surface area contributed by atoms with Crippen molar-refractivity contribution >= 4 is 11.7 Å². The fourth-order valence-electron chi connectivity index (χ4n) is 1.24. The maximum Gasteiger partial charge on any atom is 0.333 e. The summed E-state index contributed by atoms with van der Waals surface area (Å²) >= 11 is 0. The molecule has 66 valence electrons. The van der Waals surface area contributed by atoms with Gasteiger partial charge in [0.25, 0.3) is 0 Å². The molecule has 0 atom stereocenters. The van der Waals surface area contributed by atoms with E-state index >= 15 is 0 Å². The van der Waals surface area contributed by atoms with Crippen LogP contribution < -0.4 is 5.32 Å². The first-order chi connectivity index (χ1) is 6.27. The lowest BCUT2D eigenvalue weighted by Gasteiger charge is -2.14. The molecule has 4 nitrogen and oxygen atoms in total. The fraction of sp³-hybridized carbons (Fsp3) is 0.111. The maximum absolute atomic E-state index is 10.6. The lowest BCUT2D eigenvalue weighted by molar-refractivity contribution is -0.132. The standard InChI is InChI=1S/C9H8N2O2/c12-9(13)6-4-8-7(11-5-6)2-1-3-10-8/h1-3,5,11H,4H2,(H,12,13). The molecule has 0 saturated carbocycles. The minimum atomic E-state index is -0.899. The number of carboxylic acids is 1. The van der Waals surface area contributed by atoms with Crippen LogP contribution in [0.25, 0.3) is 0 Å². The van der Waals surface area contributed by atoms with Gasteiger partial charge in [0.2, 0.25) is 0 Å². The molecule has 13 heavy (non-hydrogen) atoms. The molecule has 0 spiro atoms. The predicted molar refractivity (Wildman–Crippen MR) is 47.3 cm³/mol. The Balaban J connectivity index is 2.33. The topological polar surface area (TPSA) is 62.2 Å². The summed E-state index contributed by atoms with van der Waals surface area (Å²) in [5, 5.41) is 11.6. The molecule has 0 aromatic carbocycles. The molecule has 0 fully saturated rings. The minimum absolute atomic E-state index is 0.339. The van der Waals surface area contributed by atoms with E-state index in [0.29, 0.717) is 12.0 Å². The van der Waals surface area contributed by atoms with Gasteiger partial charge in [-0.1, -0.05) is 0 Å². The average molecular weight is 176 g/mol. The predicted octanol–water partition coefficient (Wildman–Crippen LogP) is 1.02. The van der Waals surface area contributed by atoms with E-state index in [0.717, 1.165) is 11.4 Å². The highest BCUT2D eigenvalue weighted by atomic mass is 16.4. The summed E-state index contributed by atoms with van der Waals surface area (Å²) in [4.78, 5) is 14.7. The molecule has 4 heteroatoms. The molecular weight excluding hydrogens is 168 g/mol. The number of carboxylic acid groups (broad SMARTS) is 1. The summed E-state index contributed by atoms with van der Waals surface area (Å²) in [5.74, 6) is -0.899. The highest BCUT2D eigenvalue weighted by molar-refractivity contribution is 5.88. The maximum atomic E-state index is 10.6. The first kappa shape index (κ1) is 7.79. The monoisotopic (exact) mass is 176 g/mol. The van der Waals surface area contributed by atoms with E-state index in [1.165, 1.54) is 6.20 Å². The SMILES string of the molecule is O=C(O)C1=CNc2cccnc2C1. The van der Waals surface area contributed by atoms with Gasteiger partial charge in [-0.2, -0.15) is 0 Å². The number of carbonyl (C=O) groups is 1. The Morgan fingerprint density at radius 1 is 1.62 bits per heavy atom. The molecule has 0 radical (unpaired) electrons. The van der Waals surface area contributed by atoms with Crippen molar-refractivity contribution in [1.82, 2.24) is 4.98 Å². The quantitative estimate of drug-likeness (QED) is 0.670. The van der Waals surface area contributed by atoms with Crippen molar-refractivity contribution in [2.75, 3.05) is 5.32 Å². The second-order valence-corrected chi connectivity index (χ2v) is 2.79. The summed E-state index contributed by atoms with van der Waals surface area (Å²) < 4.78 is 0. The minimum Gasteiger partial charge on any atom is -0.478 e. The number of hydrogen-bond donors (Lipinski definition) is 2. The van der Waals surface area contributed by atoms with Crippen molar-refractivity contribution < 1.29 is 9.90 Å². The number of nitrogens with one attached hydrogen (secondary N) is 1. The summed E-state index contributed by atoms with van der Waals surface area (Å²) in [5.41, 5.74) is 2.00. The van der Waals surface area contributed by atoms with E-state index < -0.39 is 5.97 Å². The van der Waals surface area contributed by atoms with Crippen LogP contribution in [-0.4, -0.2) is 16.1 Å². The molecule has 0 bridgehead atoms. The molecule has 0 amide bonds. The molecule has 2 N–H and O–H groups in total. The van der Waals surface area contributed by atoms with E-state index in [2.05, 4.69) is 10.3 Å². The van der Waals surface area contributed by atoms with Gasteiger partial charge in [-0.15, -0.1) is 0 Å². The Kier molecular flexibility index (Phi) is 1.73. The van der Waals surface area contributed by atoms with Gasteiger partial charge in [0.05, 0.1) is 17.0 Å². The number of aliphatic carboxylic acids is 1. The molecule has 0 saturated heterocycles. The molecule has 0 unspecified atom stereocenters. The Bertz CT molecular complexity index is 385. The van der Waals surface area contributed by atoms with Crippen LogP contribution in [0.1, 0.15) is 5.69 Å². The number of hydrogen-bond acceptors (Lipinski definition) is 3. The van der Waals surface area contributed by atoms with Crippen LogP contribution in [0.15, 0.2) is 30.1 Å². The van der Waals surface area contributed by atoms with Gasteiger partial charge in [0, 0.05) is 18.8 Å². The molecule has 2 heterocycles. The van der Waals surface area contributed by atoms with Crippen LogP contribution in [0.2, 0.25) is 0 Å². The summed E-state index contributed by atoms with van der Waals surface area (Å²) in [6.45, 7) is 0. The largest absolute Gasteiger partial charge is 0.478 e. The lowest BCUT2D eigenvalue weighted by Crippen LogP contribution is -2.13. The highest BCUT2D eigenvalue weighted by Gasteiger charge is 2.15. The Morgan fingerprint density at radius 3 is 3.23 bits per heavy atom. The van der Waals surface area contributed by atoms with Crippen molar-refractivity contribution in [1.29, 1.82) is 0 Å². The molecule has 1 aromatic heterocycles. The van der Waals surface area contributed by atoms with E-state index in [-0.39, 0.29) is 0 Å². The third-order valence-electron chi connectivity index (χ3n) is 1.92. The van der Waals surface area contributed by atoms with E-state index in [4.69, 9.17) is 5.11 Å². The fourth-order valence-corrected chi connectivity index (χ4v) is 1.24. The summed E-state index contributed by atoms with van der Waals surface area (Å²) in [7, 11) is 0. The van der Waals surface area contributed by atoms with E-state index in [9.17, 15) is 4.79 Å². The van der Waals surface area contributed by atoms with Crippen molar-refractivity contribution in [2.45, 2.75) is 6.42 Å². The molecule has 2 rings (SSSR count). The average Bonchev–Trinajstić information content (AvgIpc) is 2.17. The number of anilines is 1. The van der Waals surface area contributed by atoms with Gasteiger partial charge < -0.3 is 10.4 Å². The van der Waals surface area contributed by atoms with E-state index in [1.807, 2.05) is 12.1 Å². The van der Waals surface area contributed by atoms with Crippen molar-refractivity contribution in [3.8, 4) is 0 Å². The van der Waals surface area contributed by atoms with Gasteiger partial charge >= 0.3 is 5.97 Å². The second kappa shape index (κ2) is 2.90. The van der Waals surface area contributed by atoms with Crippen molar-refractivity contribution in [3.05, 3.63) is 35.8 Å². The lowest BCUT2D eigenvalue weighted by atomic mass is 10.1. The third-order valence-corrected chi connectivity index (χ3v) is 1.92. The normalized spacial score (nSPS) is 14.0. The number of pyridine rings is 1. The number of nitrogens with zero attached hydrogens (tertiary/aromatic N) is 1. The zero-order valence-corrected chi connectivity index (χ0v) is 6.82. The molecular formula is C9H8N2O2. The van der Waals surface area contributed by atoms with Crippen LogP contribution in [0.3, 0.4) is 0 Å². The zero-order valence-electron chi connectivity index (χ0n) is 6.82. The molecule has 0 aliphatic carbocycles. The van der Waals surface area contributed by atoms with Crippen LogP contribution in [0, 0.1) is 0 Å². The molecule has 1 aliphatic heterocycles. The van der Waals surface area contributed by atoms with Gasteiger partial charge in [-0.25, -0.2) is 4.79 Å². The summed E-state index contributed by atoms with van der Waals surface area (Å²) in [6, 6.07) is 3.68. The first-order valence-electron chi connectivity index (χ1n) is 3.90. The van der Waals surface area contributed by atoms with Gasteiger partial charge in [0.1, 0.15) is 0 Å². The molecule has 1 aromatic rings. The number of aromatic nitrogens is 1. The van der Waals surface area contributed by atoms with E-state index in [1.54, 1.807) is 6.20 Å². The Hall–Kier alpha value is -1.84. The van der Waals surface area contributed by atoms with Crippen LogP contribution >= 0.6 is 0 Å². The van der Waals surface area contributed by atoms with Gasteiger partial charge in [0.15, 0.2) is 0 Å².